The SMILES string of the molecule is O=C(O)Nc1nc2cccc(-c3ccc(C(=O)N4CCC(O)CC4)cc3)n2n1. The number of aliphatic hydroxyl groups is 1. The molecule has 0 atom stereocenters. The van der Waals surface area contributed by atoms with Crippen LogP contribution in [-0.2, 0) is 0 Å². The highest BCUT2D eigenvalue weighted by Crippen LogP contribution is 2.22. The Hall–Kier alpha value is -3.46. The molecule has 3 N–H and O–H groups in total. The Balaban J connectivity index is 1.59. The number of aromatic nitrogens is 3. The molecule has 144 valence electrons. The first-order chi connectivity index (χ1) is 13.5. The zero-order valence-corrected chi connectivity index (χ0v) is 14.9. The zero-order chi connectivity index (χ0) is 19.7. The van der Waals surface area contributed by atoms with Gasteiger partial charge in [0.05, 0.1) is 11.8 Å². The van der Waals surface area contributed by atoms with Gasteiger partial charge in [-0.3, -0.25) is 10.1 Å². The van der Waals surface area contributed by atoms with Gasteiger partial charge < -0.3 is 15.1 Å². The number of aliphatic hydroxyl groups excluding tert-OH is 1. The van der Waals surface area contributed by atoms with E-state index in [0.717, 1.165) is 11.3 Å². The van der Waals surface area contributed by atoms with Gasteiger partial charge in [-0.1, -0.05) is 18.2 Å². The molecule has 0 radical (unpaired) electrons. The molecule has 9 nitrogen and oxygen atoms in total. The van der Waals surface area contributed by atoms with Crippen LogP contribution >= 0.6 is 0 Å². The summed E-state index contributed by atoms with van der Waals surface area (Å²) in [5.74, 6) is -0.0515. The predicted molar refractivity (Wildman–Crippen MR) is 101 cm³/mol. The van der Waals surface area contributed by atoms with Crippen LogP contribution in [0.4, 0.5) is 10.7 Å². The molecule has 9 heteroatoms. The number of pyridine rings is 1. The number of nitrogens with zero attached hydrogens (tertiary/aromatic N) is 4. The second kappa shape index (κ2) is 7.28. The number of likely N-dealkylation sites (tertiary alicyclic amines) is 1. The lowest BCUT2D eigenvalue weighted by molar-refractivity contribution is 0.0546. The number of carboxylic acid groups (broad SMARTS) is 1. The third-order valence-corrected chi connectivity index (χ3v) is 4.76. The monoisotopic (exact) mass is 381 g/mol. The minimum Gasteiger partial charge on any atom is -0.465 e. The fraction of sp³-hybridized carbons (Fsp3) is 0.263. The lowest BCUT2D eigenvalue weighted by Gasteiger charge is -2.29. The number of anilines is 1. The molecule has 1 aliphatic rings. The van der Waals surface area contributed by atoms with Crippen LogP contribution in [-0.4, -0.2) is 60.9 Å². The minimum absolute atomic E-state index is 0.000894. The highest BCUT2D eigenvalue weighted by Gasteiger charge is 2.22. The highest BCUT2D eigenvalue weighted by atomic mass is 16.4. The molecule has 3 aromatic rings. The minimum atomic E-state index is -1.23. The van der Waals surface area contributed by atoms with Gasteiger partial charge in [0.2, 0.25) is 0 Å². The maximum absolute atomic E-state index is 12.6. The molecule has 0 saturated carbocycles. The Kier molecular flexibility index (Phi) is 4.66. The lowest BCUT2D eigenvalue weighted by atomic mass is 10.0. The molecular weight excluding hydrogens is 362 g/mol. The summed E-state index contributed by atoms with van der Waals surface area (Å²) in [6.07, 6.45) is -0.351. The summed E-state index contributed by atoms with van der Waals surface area (Å²) >= 11 is 0. The Morgan fingerprint density at radius 1 is 1.07 bits per heavy atom. The van der Waals surface area contributed by atoms with Crippen LogP contribution in [0.2, 0.25) is 0 Å². The van der Waals surface area contributed by atoms with Crippen molar-refractivity contribution in [2.75, 3.05) is 18.4 Å². The number of piperidine rings is 1. The first-order valence-corrected chi connectivity index (χ1v) is 8.95. The molecule has 1 aromatic carbocycles. The van der Waals surface area contributed by atoms with Crippen molar-refractivity contribution in [1.82, 2.24) is 19.5 Å². The van der Waals surface area contributed by atoms with Crippen LogP contribution in [0.5, 0.6) is 0 Å². The van der Waals surface area contributed by atoms with E-state index in [0.29, 0.717) is 37.1 Å². The fourth-order valence-electron chi connectivity index (χ4n) is 3.31. The molecule has 1 aliphatic heterocycles. The summed E-state index contributed by atoms with van der Waals surface area (Å²) < 4.78 is 1.55. The molecule has 0 aliphatic carbocycles. The molecule has 1 fully saturated rings. The van der Waals surface area contributed by atoms with Crippen LogP contribution in [0, 0.1) is 0 Å². The van der Waals surface area contributed by atoms with Gasteiger partial charge in [0, 0.05) is 24.2 Å². The topological polar surface area (TPSA) is 120 Å². The van der Waals surface area contributed by atoms with Gasteiger partial charge in [-0.15, -0.1) is 5.10 Å². The molecule has 4 rings (SSSR count). The maximum atomic E-state index is 12.6. The Labute approximate surface area is 160 Å². The van der Waals surface area contributed by atoms with Crippen molar-refractivity contribution in [3.63, 3.8) is 0 Å². The van der Waals surface area contributed by atoms with E-state index in [2.05, 4.69) is 15.4 Å². The number of amides is 2. The molecule has 2 aromatic heterocycles. The molecule has 3 heterocycles. The van der Waals surface area contributed by atoms with Crippen LogP contribution < -0.4 is 5.32 Å². The standard InChI is InChI=1S/C19H19N5O4/c25-14-8-10-23(11-9-14)17(26)13-6-4-12(5-7-13)15-2-1-3-16-20-18(21-19(27)28)22-24(15)16/h1-7,14,25H,8-11H2,(H,21,22)(H,27,28). The van der Waals surface area contributed by atoms with Gasteiger partial charge in [0.1, 0.15) is 0 Å². The summed E-state index contributed by atoms with van der Waals surface area (Å²) in [5.41, 5.74) is 2.64. The summed E-state index contributed by atoms with van der Waals surface area (Å²) in [6, 6.07) is 12.5. The van der Waals surface area contributed by atoms with E-state index in [9.17, 15) is 14.7 Å². The van der Waals surface area contributed by atoms with Gasteiger partial charge in [0.15, 0.2) is 5.65 Å². The second-order valence-electron chi connectivity index (χ2n) is 6.65. The molecule has 0 spiro atoms. The van der Waals surface area contributed by atoms with E-state index in [1.165, 1.54) is 0 Å². The predicted octanol–water partition coefficient (Wildman–Crippen LogP) is 2.08. The quantitative estimate of drug-likeness (QED) is 0.639. The average Bonchev–Trinajstić information content (AvgIpc) is 3.10. The van der Waals surface area contributed by atoms with E-state index >= 15 is 0 Å². The van der Waals surface area contributed by atoms with Gasteiger partial charge in [0.25, 0.3) is 11.9 Å². The number of hydrogen-bond acceptors (Lipinski definition) is 5. The first kappa shape index (κ1) is 17.9. The third-order valence-electron chi connectivity index (χ3n) is 4.76. The van der Waals surface area contributed by atoms with Crippen molar-refractivity contribution < 1.29 is 19.8 Å². The smallest absolute Gasteiger partial charge is 0.411 e. The van der Waals surface area contributed by atoms with Crippen molar-refractivity contribution >= 4 is 23.6 Å². The molecule has 28 heavy (non-hydrogen) atoms. The van der Waals surface area contributed by atoms with Crippen molar-refractivity contribution in [2.24, 2.45) is 0 Å². The van der Waals surface area contributed by atoms with E-state index in [-0.39, 0.29) is 18.0 Å². The molecule has 2 amide bonds. The van der Waals surface area contributed by atoms with Crippen molar-refractivity contribution in [3.05, 3.63) is 48.0 Å². The van der Waals surface area contributed by atoms with Gasteiger partial charge in [-0.05, 0) is 37.1 Å². The van der Waals surface area contributed by atoms with E-state index in [1.807, 2.05) is 24.3 Å². The summed E-state index contributed by atoms with van der Waals surface area (Å²) in [6.45, 7) is 1.11. The zero-order valence-electron chi connectivity index (χ0n) is 14.9. The number of fused-ring (bicyclic) bond motifs is 1. The normalized spacial score (nSPS) is 15.0. The number of rotatable bonds is 3. The maximum Gasteiger partial charge on any atom is 0.411 e. The van der Waals surface area contributed by atoms with Gasteiger partial charge in [-0.2, -0.15) is 4.98 Å². The van der Waals surface area contributed by atoms with Crippen molar-refractivity contribution in [2.45, 2.75) is 18.9 Å². The number of hydrogen-bond donors (Lipinski definition) is 3. The highest BCUT2D eigenvalue weighted by molar-refractivity contribution is 5.94. The Morgan fingerprint density at radius 2 is 1.79 bits per heavy atom. The van der Waals surface area contributed by atoms with Gasteiger partial charge >= 0.3 is 6.09 Å². The largest absolute Gasteiger partial charge is 0.465 e. The Bertz CT molecular complexity index is 1020. The van der Waals surface area contributed by atoms with Crippen LogP contribution in [0.1, 0.15) is 23.2 Å². The summed E-state index contributed by atoms with van der Waals surface area (Å²) in [4.78, 5) is 29.3. The molecular formula is C19H19N5O4. The van der Waals surface area contributed by atoms with Crippen LogP contribution in [0.25, 0.3) is 16.9 Å². The number of benzene rings is 1. The van der Waals surface area contributed by atoms with Gasteiger partial charge in [-0.25, -0.2) is 9.31 Å². The molecule has 1 saturated heterocycles. The number of nitrogens with one attached hydrogen (secondary N) is 1. The second-order valence-corrected chi connectivity index (χ2v) is 6.65. The average molecular weight is 381 g/mol. The third kappa shape index (κ3) is 3.52. The summed E-state index contributed by atoms with van der Waals surface area (Å²) in [7, 11) is 0. The Morgan fingerprint density at radius 3 is 2.46 bits per heavy atom. The number of carbonyl (C=O) groups is 2. The van der Waals surface area contributed by atoms with E-state index in [1.54, 1.807) is 27.6 Å². The van der Waals surface area contributed by atoms with Crippen LogP contribution in [0.15, 0.2) is 42.5 Å². The molecule has 0 bridgehead atoms. The number of carbonyl (C=O) groups excluding carboxylic acids is 1. The summed E-state index contributed by atoms with van der Waals surface area (Å²) in [5, 5.41) is 24.7. The fourth-order valence-corrected chi connectivity index (χ4v) is 3.31. The molecule has 0 unspecified atom stereocenters. The van der Waals surface area contributed by atoms with Crippen molar-refractivity contribution in [1.29, 1.82) is 0 Å². The van der Waals surface area contributed by atoms with Crippen molar-refractivity contribution in [3.8, 4) is 11.3 Å². The lowest BCUT2D eigenvalue weighted by Crippen LogP contribution is -2.40. The van der Waals surface area contributed by atoms with E-state index < -0.39 is 6.09 Å². The van der Waals surface area contributed by atoms with E-state index in [4.69, 9.17) is 5.11 Å². The first-order valence-electron chi connectivity index (χ1n) is 8.95. The van der Waals surface area contributed by atoms with Crippen LogP contribution in [0.3, 0.4) is 0 Å².